The number of carbonyl (C=O) groups excluding carboxylic acids is 4. The zero-order valence-corrected chi connectivity index (χ0v) is 19.9. The Labute approximate surface area is 194 Å². The summed E-state index contributed by atoms with van der Waals surface area (Å²) in [4.78, 5) is 62.0. The van der Waals surface area contributed by atoms with E-state index in [2.05, 4.69) is 10.6 Å². The molecule has 0 aromatic carbocycles. The smallest absolute Gasteiger partial charge is 0.475 e. The number of halogens is 3. The van der Waals surface area contributed by atoms with Gasteiger partial charge in [0.05, 0.1) is 18.9 Å². The van der Waals surface area contributed by atoms with Crippen LogP contribution in [0.5, 0.6) is 0 Å². The molecule has 2 rings (SSSR count). The average molecular weight is 496 g/mol. The molecule has 4 amide bonds. The molecule has 2 aliphatic rings. The number of likely N-dealkylation sites (tertiary alicyclic amines) is 1. The lowest BCUT2D eigenvalue weighted by Crippen LogP contribution is -2.58. The third kappa shape index (κ3) is 5.77. The van der Waals surface area contributed by atoms with Crippen LogP contribution in [0.1, 0.15) is 34.1 Å². The van der Waals surface area contributed by atoms with Gasteiger partial charge in [0, 0.05) is 32.2 Å². The zero-order valence-electron chi connectivity index (χ0n) is 19.9. The Balaban J connectivity index is 0.000000718. The molecule has 0 unspecified atom stereocenters. The van der Waals surface area contributed by atoms with Crippen LogP contribution in [0.4, 0.5) is 18.0 Å². The number of hydrogen-bond acceptors (Lipinski definition) is 7. The number of nitrogens with one attached hydrogen (secondary N) is 2. The fraction of sp³-hybridized carbons (Fsp3) is 0.750. The maximum absolute atomic E-state index is 12.7. The van der Waals surface area contributed by atoms with Gasteiger partial charge in [-0.15, -0.1) is 0 Å². The predicted molar refractivity (Wildman–Crippen MR) is 111 cm³/mol. The summed E-state index contributed by atoms with van der Waals surface area (Å²) >= 11 is 0. The molecule has 2 fully saturated rings. The number of carboxylic acid groups (broad SMARTS) is 1. The number of esters is 1. The van der Waals surface area contributed by atoms with Crippen LogP contribution >= 0.6 is 0 Å². The number of urea groups is 1. The maximum Gasteiger partial charge on any atom is 0.490 e. The van der Waals surface area contributed by atoms with Crippen molar-refractivity contribution in [3.8, 4) is 0 Å². The maximum atomic E-state index is 12.7. The number of carbonyl (C=O) groups is 5. The van der Waals surface area contributed by atoms with Crippen molar-refractivity contribution in [1.29, 1.82) is 0 Å². The molecule has 0 aromatic rings. The van der Waals surface area contributed by atoms with Gasteiger partial charge in [0.15, 0.2) is 0 Å². The van der Waals surface area contributed by atoms with E-state index in [0.717, 1.165) is 4.90 Å². The standard InChI is InChI=1S/C18H30N4O5.C2HF3O2/c1-7-18(16(25)27-6)13-12(14(23)21(5)15(13)24)11(20-18)9-22(8-2)17(26)19-10(3)4;3-2(4,5)1(6)7/h10-13,20H,7-9H2,1-6H3,(H,19,26);(H,6,7)/t11-,12+,13-,18-;/m1./s1. The van der Waals surface area contributed by atoms with Gasteiger partial charge in [-0.25, -0.2) is 9.59 Å². The van der Waals surface area contributed by atoms with Gasteiger partial charge in [-0.2, -0.15) is 13.2 Å². The lowest BCUT2D eigenvalue weighted by atomic mass is 9.78. The van der Waals surface area contributed by atoms with Crippen LogP contribution in [0.25, 0.3) is 0 Å². The summed E-state index contributed by atoms with van der Waals surface area (Å²) in [6.45, 7) is 7.99. The number of methoxy groups -OCH3 is 1. The molecular weight excluding hydrogens is 465 g/mol. The first-order chi connectivity index (χ1) is 15.6. The van der Waals surface area contributed by atoms with E-state index in [9.17, 15) is 32.3 Å². The third-order valence-electron chi connectivity index (χ3n) is 5.83. The summed E-state index contributed by atoms with van der Waals surface area (Å²) in [5.41, 5.74) is -1.27. The van der Waals surface area contributed by atoms with Gasteiger partial charge in [0.2, 0.25) is 11.8 Å². The van der Waals surface area contributed by atoms with E-state index >= 15 is 0 Å². The van der Waals surface area contributed by atoms with Crippen LogP contribution in [0, 0.1) is 11.8 Å². The van der Waals surface area contributed by atoms with Gasteiger partial charge < -0.3 is 20.1 Å². The van der Waals surface area contributed by atoms with E-state index in [0.29, 0.717) is 13.0 Å². The van der Waals surface area contributed by atoms with Crippen molar-refractivity contribution in [2.45, 2.75) is 57.9 Å². The Morgan fingerprint density at radius 2 is 1.76 bits per heavy atom. The van der Waals surface area contributed by atoms with E-state index in [1.165, 1.54) is 14.2 Å². The lowest BCUT2D eigenvalue weighted by molar-refractivity contribution is -0.192. The second-order valence-corrected chi connectivity index (χ2v) is 8.25. The Hall–Kier alpha value is -2.90. The van der Waals surface area contributed by atoms with E-state index in [1.807, 2.05) is 20.8 Å². The second kappa shape index (κ2) is 11.0. The fourth-order valence-electron chi connectivity index (χ4n) is 4.19. The van der Waals surface area contributed by atoms with Crippen LogP contribution in [0.3, 0.4) is 0 Å². The van der Waals surface area contributed by atoms with Gasteiger partial charge in [0.1, 0.15) is 5.54 Å². The molecule has 34 heavy (non-hydrogen) atoms. The quantitative estimate of drug-likeness (QED) is 0.358. The number of rotatable bonds is 6. The second-order valence-electron chi connectivity index (χ2n) is 8.25. The van der Waals surface area contributed by atoms with Crippen LogP contribution < -0.4 is 10.6 Å². The molecule has 0 aromatic heterocycles. The van der Waals surface area contributed by atoms with Crippen LogP contribution in [0.2, 0.25) is 0 Å². The molecule has 4 atom stereocenters. The number of aliphatic carboxylic acids is 1. The normalized spacial score (nSPS) is 26.1. The topological polar surface area (TPSA) is 145 Å². The number of nitrogens with zero attached hydrogens (tertiary/aromatic N) is 2. The van der Waals surface area contributed by atoms with Gasteiger partial charge in [-0.05, 0) is 27.2 Å². The minimum absolute atomic E-state index is 0.0264. The number of alkyl halides is 3. The SMILES string of the molecule is CCN(C[C@H]1N[C@@](CC)(C(=O)OC)[C@H]2C(=O)N(C)C(=O)[C@@H]12)C(=O)NC(C)C.O=C(O)C(F)(F)F. The molecule has 194 valence electrons. The predicted octanol–water partition coefficient (Wildman–Crippen LogP) is 0.584. The Morgan fingerprint density at radius 3 is 2.15 bits per heavy atom. The molecule has 2 saturated heterocycles. The van der Waals surface area contributed by atoms with Gasteiger partial charge >= 0.3 is 24.1 Å². The van der Waals surface area contributed by atoms with E-state index in [1.54, 1.807) is 11.8 Å². The van der Waals surface area contributed by atoms with Gasteiger partial charge in [-0.1, -0.05) is 6.92 Å². The summed E-state index contributed by atoms with van der Waals surface area (Å²) in [7, 11) is 2.70. The fourth-order valence-corrected chi connectivity index (χ4v) is 4.19. The molecule has 0 saturated carbocycles. The first kappa shape index (κ1) is 29.1. The van der Waals surface area contributed by atoms with Gasteiger partial charge in [0.25, 0.3) is 0 Å². The number of fused-ring (bicyclic) bond motifs is 1. The highest BCUT2D eigenvalue weighted by atomic mass is 19.4. The molecule has 0 spiro atoms. The molecule has 0 radical (unpaired) electrons. The Kier molecular flexibility index (Phi) is 9.44. The highest BCUT2D eigenvalue weighted by Crippen LogP contribution is 2.44. The largest absolute Gasteiger partial charge is 0.490 e. The van der Waals surface area contributed by atoms with Crippen molar-refractivity contribution in [3.05, 3.63) is 0 Å². The summed E-state index contributed by atoms with van der Waals surface area (Å²) in [5, 5.41) is 13.2. The summed E-state index contributed by atoms with van der Waals surface area (Å²) in [5.74, 6) is -5.57. The van der Waals surface area contributed by atoms with Crippen LogP contribution in [-0.4, -0.2) is 95.7 Å². The average Bonchev–Trinajstić information content (AvgIpc) is 3.20. The number of hydrogen-bond donors (Lipinski definition) is 3. The van der Waals surface area contributed by atoms with E-state index in [-0.39, 0.29) is 30.4 Å². The summed E-state index contributed by atoms with van der Waals surface area (Å²) < 4.78 is 36.7. The van der Waals surface area contributed by atoms with Crippen molar-refractivity contribution >= 4 is 29.8 Å². The third-order valence-corrected chi connectivity index (χ3v) is 5.83. The number of imide groups is 1. The first-order valence-electron chi connectivity index (χ1n) is 10.6. The minimum atomic E-state index is -5.08. The molecular formula is C20H31F3N4O7. The van der Waals surface area contributed by atoms with Crippen LogP contribution in [0.15, 0.2) is 0 Å². The highest BCUT2D eigenvalue weighted by Gasteiger charge is 2.67. The molecule has 0 bridgehead atoms. The molecule has 14 heteroatoms. The molecule has 2 aliphatic heterocycles. The summed E-state index contributed by atoms with van der Waals surface area (Å²) in [6.07, 6.45) is -4.78. The molecule has 2 heterocycles. The monoisotopic (exact) mass is 496 g/mol. The van der Waals surface area contributed by atoms with Crippen molar-refractivity contribution in [2.24, 2.45) is 11.8 Å². The minimum Gasteiger partial charge on any atom is -0.475 e. The summed E-state index contributed by atoms with van der Waals surface area (Å²) in [6, 6.07) is -0.794. The van der Waals surface area contributed by atoms with Crippen molar-refractivity contribution < 1.29 is 47.0 Å². The lowest BCUT2D eigenvalue weighted by Gasteiger charge is -2.32. The van der Waals surface area contributed by atoms with E-state index < -0.39 is 41.5 Å². The Bertz CT molecular complexity index is 820. The van der Waals surface area contributed by atoms with Crippen LogP contribution in [-0.2, 0) is 23.9 Å². The van der Waals surface area contributed by atoms with Crippen molar-refractivity contribution in [3.63, 3.8) is 0 Å². The Morgan fingerprint density at radius 1 is 1.24 bits per heavy atom. The van der Waals surface area contributed by atoms with Crippen molar-refractivity contribution in [2.75, 3.05) is 27.2 Å². The van der Waals surface area contributed by atoms with E-state index in [4.69, 9.17) is 14.6 Å². The number of amides is 4. The number of likely N-dealkylation sites (N-methyl/N-ethyl adjacent to an activating group) is 1. The molecule has 3 N–H and O–H groups in total. The first-order valence-corrected chi connectivity index (χ1v) is 10.6. The number of ether oxygens (including phenoxy) is 1. The highest BCUT2D eigenvalue weighted by molar-refractivity contribution is 6.09. The zero-order chi connectivity index (χ0) is 26.6. The molecule has 11 nitrogen and oxygen atoms in total. The van der Waals surface area contributed by atoms with Crippen molar-refractivity contribution in [1.82, 2.24) is 20.4 Å². The van der Waals surface area contributed by atoms with Gasteiger partial charge in [-0.3, -0.25) is 24.6 Å². The number of carboxylic acids is 1. The molecule has 0 aliphatic carbocycles.